The van der Waals surface area contributed by atoms with Crippen LogP contribution in [0.3, 0.4) is 0 Å². The van der Waals surface area contributed by atoms with Crippen molar-refractivity contribution in [3.05, 3.63) is 53.6 Å². The highest BCUT2D eigenvalue weighted by molar-refractivity contribution is 5.88. The molecule has 0 radical (unpaired) electrons. The Morgan fingerprint density at radius 3 is 2.17 bits per heavy atom. The number of carbonyl (C=O) groups is 2. The van der Waals surface area contributed by atoms with Crippen molar-refractivity contribution in [1.29, 1.82) is 0 Å². The molecule has 1 heterocycles. The molecule has 1 aromatic carbocycles. The van der Waals surface area contributed by atoms with Gasteiger partial charge in [-0.25, -0.2) is 4.79 Å². The summed E-state index contributed by atoms with van der Waals surface area (Å²) in [6.45, 7) is 21.6. The monoisotopic (exact) mass is 625 g/mol. The molecule has 9 atom stereocenters. The largest absolute Gasteiger partial charge is 0.478 e. The predicted molar refractivity (Wildman–Crippen MR) is 186 cm³/mol. The van der Waals surface area contributed by atoms with Crippen molar-refractivity contribution < 1.29 is 14.7 Å². The van der Waals surface area contributed by atoms with Crippen LogP contribution in [0.2, 0.25) is 0 Å². The minimum atomic E-state index is -0.866. The normalized spacial score (nSPS) is 43.0. The highest BCUT2D eigenvalue weighted by atomic mass is 16.4. The second-order valence-corrected chi connectivity index (χ2v) is 18.1. The van der Waals surface area contributed by atoms with Crippen molar-refractivity contribution in [2.24, 2.45) is 56.7 Å². The Hall–Kier alpha value is -2.36. The van der Waals surface area contributed by atoms with Gasteiger partial charge < -0.3 is 10.0 Å². The number of allylic oxidation sites excluding steroid dienone is 3. The van der Waals surface area contributed by atoms with Gasteiger partial charge in [0.1, 0.15) is 0 Å². The van der Waals surface area contributed by atoms with Crippen molar-refractivity contribution >= 4 is 17.4 Å². The molecular weight excluding hydrogens is 566 g/mol. The highest BCUT2D eigenvalue weighted by Gasteiger charge is 2.71. The average molecular weight is 626 g/mol. The Balaban J connectivity index is 1.23. The van der Waals surface area contributed by atoms with E-state index in [0.29, 0.717) is 41.1 Å². The third-order valence-corrected chi connectivity index (χ3v) is 16.2. The number of carboxylic acids is 1. The van der Waals surface area contributed by atoms with Crippen LogP contribution in [0.5, 0.6) is 0 Å². The van der Waals surface area contributed by atoms with Crippen LogP contribution in [0.25, 0.3) is 5.57 Å². The zero-order valence-electron chi connectivity index (χ0n) is 29.6. The van der Waals surface area contributed by atoms with Gasteiger partial charge in [-0.15, -0.1) is 0 Å². The van der Waals surface area contributed by atoms with E-state index in [1.54, 1.807) is 12.1 Å². The summed E-state index contributed by atoms with van der Waals surface area (Å²) in [6, 6.07) is 7.58. The molecule has 5 fully saturated rings. The van der Waals surface area contributed by atoms with Crippen molar-refractivity contribution in [1.82, 2.24) is 4.90 Å². The Labute approximate surface area is 278 Å². The fraction of sp³-hybridized carbons (Fsp3) is 0.714. The zero-order valence-corrected chi connectivity index (χ0v) is 29.6. The molecule has 1 N–H and O–H groups in total. The maximum absolute atomic E-state index is 14.6. The summed E-state index contributed by atoms with van der Waals surface area (Å²) in [5.41, 5.74) is 4.75. The first-order valence-corrected chi connectivity index (χ1v) is 18.7. The van der Waals surface area contributed by atoms with E-state index >= 15 is 0 Å². The van der Waals surface area contributed by atoms with Crippen molar-refractivity contribution in [3.63, 3.8) is 0 Å². The SMILES string of the molecule is C=C(C)[C@@H]1CC[C@]2(C(=O)N3CCCCC3)CC[C@]3(C)C(CCC4[C@@]5(C)CC=C(c6ccc(C(=O)O)cc6)C(C)(C)C5CC[C@]43C)C12. The maximum Gasteiger partial charge on any atom is 0.335 e. The summed E-state index contributed by atoms with van der Waals surface area (Å²) in [5, 5.41) is 9.47. The number of benzene rings is 1. The first-order valence-electron chi connectivity index (χ1n) is 18.7. The van der Waals surface area contributed by atoms with Crippen LogP contribution in [-0.4, -0.2) is 35.0 Å². The average Bonchev–Trinajstić information content (AvgIpc) is 3.42. The van der Waals surface area contributed by atoms with Gasteiger partial charge in [0, 0.05) is 13.1 Å². The number of amides is 1. The number of nitrogens with zero attached hydrogens (tertiary/aromatic N) is 1. The van der Waals surface area contributed by atoms with Crippen LogP contribution in [0.4, 0.5) is 0 Å². The van der Waals surface area contributed by atoms with Gasteiger partial charge in [0.15, 0.2) is 0 Å². The number of hydrogen-bond donors (Lipinski definition) is 1. The first-order chi connectivity index (χ1) is 21.7. The Morgan fingerprint density at radius 1 is 0.826 bits per heavy atom. The van der Waals surface area contributed by atoms with Crippen molar-refractivity contribution in [2.75, 3.05) is 13.1 Å². The molecule has 5 aliphatic carbocycles. The molecule has 1 saturated heterocycles. The number of hydrogen-bond acceptors (Lipinski definition) is 2. The molecule has 1 amide bonds. The molecule has 4 saturated carbocycles. The Kier molecular flexibility index (Phi) is 7.58. The summed E-state index contributed by atoms with van der Waals surface area (Å²) in [4.78, 5) is 28.5. The van der Waals surface area contributed by atoms with Crippen LogP contribution in [0, 0.1) is 56.7 Å². The summed E-state index contributed by atoms with van der Waals surface area (Å²) in [6.07, 6.45) is 16.7. The van der Waals surface area contributed by atoms with Crippen LogP contribution < -0.4 is 0 Å². The van der Waals surface area contributed by atoms with Crippen LogP contribution in [0.15, 0.2) is 42.5 Å². The van der Waals surface area contributed by atoms with E-state index in [-0.39, 0.29) is 27.1 Å². The number of rotatable bonds is 4. The summed E-state index contributed by atoms with van der Waals surface area (Å²) >= 11 is 0. The fourth-order valence-electron chi connectivity index (χ4n) is 13.8. The molecule has 6 aliphatic rings. The van der Waals surface area contributed by atoms with Crippen molar-refractivity contribution in [3.8, 4) is 0 Å². The molecule has 1 aliphatic heterocycles. The minimum Gasteiger partial charge on any atom is -0.478 e. The molecule has 0 aromatic heterocycles. The smallest absolute Gasteiger partial charge is 0.335 e. The summed E-state index contributed by atoms with van der Waals surface area (Å²) in [5.74, 6) is 2.36. The molecule has 46 heavy (non-hydrogen) atoms. The molecule has 0 bridgehead atoms. The van der Waals surface area contributed by atoms with E-state index in [2.05, 4.69) is 59.1 Å². The van der Waals surface area contributed by atoms with Crippen LogP contribution in [0.1, 0.15) is 135 Å². The number of carboxylic acid groups (broad SMARTS) is 1. The quantitative estimate of drug-likeness (QED) is 0.339. The Bertz CT molecular complexity index is 1450. The van der Waals surface area contributed by atoms with Gasteiger partial charge in [-0.05, 0) is 158 Å². The van der Waals surface area contributed by atoms with Gasteiger partial charge in [-0.2, -0.15) is 0 Å². The van der Waals surface area contributed by atoms with Gasteiger partial charge in [-0.3, -0.25) is 4.79 Å². The van der Waals surface area contributed by atoms with Crippen LogP contribution >= 0.6 is 0 Å². The third-order valence-electron chi connectivity index (χ3n) is 16.2. The number of piperidine rings is 1. The number of aromatic carboxylic acids is 1. The fourth-order valence-corrected chi connectivity index (χ4v) is 13.8. The topological polar surface area (TPSA) is 57.6 Å². The molecule has 7 rings (SSSR count). The summed E-state index contributed by atoms with van der Waals surface area (Å²) < 4.78 is 0. The zero-order chi connectivity index (χ0) is 32.9. The molecule has 4 unspecified atom stereocenters. The van der Waals surface area contributed by atoms with Gasteiger partial charge in [0.05, 0.1) is 11.0 Å². The molecule has 0 spiro atoms. The van der Waals surface area contributed by atoms with Gasteiger partial charge in [0.25, 0.3) is 0 Å². The first kappa shape index (κ1) is 32.2. The van der Waals surface area contributed by atoms with E-state index < -0.39 is 5.97 Å². The lowest BCUT2D eigenvalue weighted by Crippen LogP contribution is -2.66. The second-order valence-electron chi connectivity index (χ2n) is 18.1. The second kappa shape index (κ2) is 10.8. The van der Waals surface area contributed by atoms with E-state index in [1.165, 1.54) is 55.2 Å². The lowest BCUT2D eigenvalue weighted by molar-refractivity contribution is -0.226. The van der Waals surface area contributed by atoms with E-state index in [1.807, 2.05) is 12.1 Å². The molecule has 4 nitrogen and oxygen atoms in total. The molecule has 250 valence electrons. The molecular formula is C42H59NO3. The molecule has 1 aromatic rings. The van der Waals surface area contributed by atoms with Gasteiger partial charge in [0.2, 0.25) is 5.91 Å². The van der Waals surface area contributed by atoms with E-state index in [0.717, 1.165) is 51.6 Å². The predicted octanol–water partition coefficient (Wildman–Crippen LogP) is 10.0. The lowest BCUT2D eigenvalue weighted by atomic mass is 9.32. The maximum atomic E-state index is 14.6. The Morgan fingerprint density at radius 2 is 1.52 bits per heavy atom. The highest BCUT2D eigenvalue weighted by Crippen LogP contribution is 2.78. The number of carbonyl (C=O) groups excluding carboxylic acids is 1. The van der Waals surface area contributed by atoms with Crippen LogP contribution in [-0.2, 0) is 4.79 Å². The van der Waals surface area contributed by atoms with Crippen molar-refractivity contribution in [2.45, 2.75) is 119 Å². The van der Waals surface area contributed by atoms with E-state index in [4.69, 9.17) is 0 Å². The van der Waals surface area contributed by atoms with Gasteiger partial charge in [-0.1, -0.05) is 65.0 Å². The minimum absolute atomic E-state index is 0.00983. The lowest BCUT2D eigenvalue weighted by Gasteiger charge is -2.72. The number of likely N-dealkylation sites (tertiary alicyclic amines) is 1. The van der Waals surface area contributed by atoms with E-state index in [9.17, 15) is 14.7 Å². The standard InChI is InChI=1S/C42H59NO3/c1-27(2)30-17-22-42(37(46)43-25-9-8-10-26-43)24-23-40(6)32(35(30)42)15-16-34-39(5)20-18-31(28-11-13-29(14-12-28)36(44)45)38(3,4)33(39)19-21-41(34,40)7/h11-14,18,30,32-35H,1,8-10,15-17,19-26H2,2-7H3,(H,44,45)/t30-,32?,33?,34?,35?,39-,40+,41+,42-/m0/s1. The number of fused-ring (bicyclic) bond motifs is 7. The van der Waals surface area contributed by atoms with Gasteiger partial charge >= 0.3 is 5.97 Å². The molecule has 4 heteroatoms. The summed E-state index contributed by atoms with van der Waals surface area (Å²) in [7, 11) is 0. The third kappa shape index (κ3) is 4.29.